The summed E-state index contributed by atoms with van der Waals surface area (Å²) in [6, 6.07) is 3.67. The molecule has 11 heavy (non-hydrogen) atoms. The Morgan fingerprint density at radius 1 is 1.55 bits per heavy atom. The third-order valence-electron chi connectivity index (χ3n) is 1.61. The van der Waals surface area contributed by atoms with Gasteiger partial charge in [-0.15, -0.1) is 0 Å². The standard InChI is InChI=1S/C8H10O3/c1-6-5-10-8(11-6)7-3-2-4-9-7/h2-4,6,8H,5H2,1H3/t6-,8?/m0/s1. The highest BCUT2D eigenvalue weighted by Crippen LogP contribution is 2.26. The molecule has 0 saturated carbocycles. The van der Waals surface area contributed by atoms with E-state index in [2.05, 4.69) is 0 Å². The predicted molar refractivity (Wildman–Crippen MR) is 37.9 cm³/mol. The molecule has 3 heteroatoms. The Balaban J connectivity index is 2.08. The first-order valence-corrected chi connectivity index (χ1v) is 3.67. The first kappa shape index (κ1) is 6.88. The minimum absolute atomic E-state index is 0.171. The summed E-state index contributed by atoms with van der Waals surface area (Å²) >= 11 is 0. The van der Waals surface area contributed by atoms with E-state index in [9.17, 15) is 0 Å². The van der Waals surface area contributed by atoms with Gasteiger partial charge in [-0.1, -0.05) is 0 Å². The molecule has 1 aromatic rings. The van der Waals surface area contributed by atoms with Gasteiger partial charge in [-0.05, 0) is 19.1 Å². The maximum atomic E-state index is 5.39. The Labute approximate surface area is 64.9 Å². The molecule has 2 rings (SSSR count). The zero-order chi connectivity index (χ0) is 7.68. The maximum absolute atomic E-state index is 5.39. The van der Waals surface area contributed by atoms with E-state index < -0.39 is 0 Å². The van der Waals surface area contributed by atoms with Crippen molar-refractivity contribution < 1.29 is 13.9 Å². The van der Waals surface area contributed by atoms with Crippen molar-refractivity contribution in [3.63, 3.8) is 0 Å². The summed E-state index contributed by atoms with van der Waals surface area (Å²) in [5.41, 5.74) is 0. The molecule has 2 atom stereocenters. The number of rotatable bonds is 1. The molecule has 1 aliphatic heterocycles. The van der Waals surface area contributed by atoms with E-state index in [1.807, 2.05) is 19.1 Å². The van der Waals surface area contributed by atoms with Gasteiger partial charge in [0.1, 0.15) is 0 Å². The van der Waals surface area contributed by atoms with Gasteiger partial charge in [-0.3, -0.25) is 0 Å². The highest BCUT2D eigenvalue weighted by atomic mass is 16.7. The van der Waals surface area contributed by atoms with Crippen LogP contribution in [0.25, 0.3) is 0 Å². The van der Waals surface area contributed by atoms with Crippen molar-refractivity contribution in [1.82, 2.24) is 0 Å². The summed E-state index contributed by atoms with van der Waals surface area (Å²) in [4.78, 5) is 0. The van der Waals surface area contributed by atoms with Gasteiger partial charge in [0.05, 0.1) is 19.0 Å². The van der Waals surface area contributed by atoms with Crippen LogP contribution in [0.3, 0.4) is 0 Å². The van der Waals surface area contributed by atoms with E-state index in [0.29, 0.717) is 6.61 Å². The third kappa shape index (κ3) is 1.29. The Morgan fingerprint density at radius 2 is 2.45 bits per heavy atom. The molecular formula is C8H10O3. The summed E-state index contributed by atoms with van der Waals surface area (Å²) in [5, 5.41) is 0. The zero-order valence-corrected chi connectivity index (χ0v) is 6.32. The predicted octanol–water partition coefficient (Wildman–Crippen LogP) is 1.71. The Bertz CT molecular complexity index is 217. The van der Waals surface area contributed by atoms with Crippen molar-refractivity contribution >= 4 is 0 Å². The molecular weight excluding hydrogens is 144 g/mol. The van der Waals surface area contributed by atoms with Gasteiger partial charge in [0.15, 0.2) is 5.76 Å². The summed E-state index contributed by atoms with van der Waals surface area (Å²) in [7, 11) is 0. The molecule has 3 nitrogen and oxygen atoms in total. The summed E-state index contributed by atoms with van der Waals surface area (Å²) in [5.74, 6) is 0.745. The van der Waals surface area contributed by atoms with E-state index in [4.69, 9.17) is 13.9 Å². The van der Waals surface area contributed by atoms with Crippen LogP contribution in [-0.4, -0.2) is 12.7 Å². The molecule has 0 amide bonds. The van der Waals surface area contributed by atoms with Gasteiger partial charge in [-0.2, -0.15) is 0 Å². The molecule has 0 spiro atoms. The van der Waals surface area contributed by atoms with Crippen molar-refractivity contribution in [2.24, 2.45) is 0 Å². The van der Waals surface area contributed by atoms with Crippen molar-refractivity contribution in [2.75, 3.05) is 6.61 Å². The van der Waals surface area contributed by atoms with Gasteiger partial charge in [0.2, 0.25) is 6.29 Å². The molecule has 1 fully saturated rings. The van der Waals surface area contributed by atoms with Crippen molar-refractivity contribution in [3.8, 4) is 0 Å². The largest absolute Gasteiger partial charge is 0.464 e. The van der Waals surface area contributed by atoms with E-state index >= 15 is 0 Å². The fraction of sp³-hybridized carbons (Fsp3) is 0.500. The van der Waals surface area contributed by atoms with Gasteiger partial charge in [0, 0.05) is 0 Å². The van der Waals surface area contributed by atoms with Crippen LogP contribution in [-0.2, 0) is 9.47 Å². The fourth-order valence-electron chi connectivity index (χ4n) is 1.09. The summed E-state index contributed by atoms with van der Waals surface area (Å²) in [6.45, 7) is 2.62. The van der Waals surface area contributed by atoms with Gasteiger partial charge in [0.25, 0.3) is 0 Å². The number of ether oxygens (including phenoxy) is 2. The normalized spacial score (nSPS) is 31.0. The maximum Gasteiger partial charge on any atom is 0.217 e. The first-order valence-electron chi connectivity index (χ1n) is 3.67. The van der Waals surface area contributed by atoms with Crippen molar-refractivity contribution in [2.45, 2.75) is 19.3 Å². The quantitative estimate of drug-likeness (QED) is 0.617. The van der Waals surface area contributed by atoms with E-state index in [1.54, 1.807) is 6.26 Å². The zero-order valence-electron chi connectivity index (χ0n) is 6.32. The van der Waals surface area contributed by atoms with E-state index in [0.717, 1.165) is 5.76 Å². The Morgan fingerprint density at radius 3 is 3.00 bits per heavy atom. The number of hydrogen-bond donors (Lipinski definition) is 0. The molecule has 2 heterocycles. The molecule has 1 aromatic heterocycles. The van der Waals surface area contributed by atoms with Crippen LogP contribution in [0.2, 0.25) is 0 Å². The first-order chi connectivity index (χ1) is 5.36. The lowest BCUT2D eigenvalue weighted by Crippen LogP contribution is -2.01. The number of hydrogen-bond acceptors (Lipinski definition) is 3. The van der Waals surface area contributed by atoms with Crippen LogP contribution in [0.1, 0.15) is 19.0 Å². The SMILES string of the molecule is C[C@H]1COC(c2ccco2)O1. The molecule has 0 aliphatic carbocycles. The van der Waals surface area contributed by atoms with Crippen LogP contribution in [0.5, 0.6) is 0 Å². The second-order valence-electron chi connectivity index (χ2n) is 2.63. The monoisotopic (exact) mass is 154 g/mol. The van der Waals surface area contributed by atoms with Crippen LogP contribution < -0.4 is 0 Å². The van der Waals surface area contributed by atoms with E-state index in [1.165, 1.54) is 0 Å². The minimum atomic E-state index is -0.292. The van der Waals surface area contributed by atoms with Crippen LogP contribution in [0.15, 0.2) is 22.8 Å². The molecule has 1 aliphatic rings. The third-order valence-corrected chi connectivity index (χ3v) is 1.61. The van der Waals surface area contributed by atoms with Gasteiger partial charge < -0.3 is 13.9 Å². The lowest BCUT2D eigenvalue weighted by atomic mass is 10.4. The molecule has 0 aromatic carbocycles. The Kier molecular flexibility index (Phi) is 1.68. The minimum Gasteiger partial charge on any atom is -0.464 e. The smallest absolute Gasteiger partial charge is 0.217 e. The summed E-state index contributed by atoms with van der Waals surface area (Å²) < 4.78 is 15.8. The molecule has 0 bridgehead atoms. The molecule has 1 saturated heterocycles. The molecule has 60 valence electrons. The average Bonchev–Trinajstić information content (AvgIpc) is 2.55. The number of furan rings is 1. The highest BCUT2D eigenvalue weighted by Gasteiger charge is 2.25. The van der Waals surface area contributed by atoms with Crippen LogP contribution in [0, 0.1) is 0 Å². The topological polar surface area (TPSA) is 31.6 Å². The second-order valence-corrected chi connectivity index (χ2v) is 2.63. The van der Waals surface area contributed by atoms with Gasteiger partial charge >= 0.3 is 0 Å². The second kappa shape index (κ2) is 2.68. The average molecular weight is 154 g/mol. The van der Waals surface area contributed by atoms with E-state index in [-0.39, 0.29) is 12.4 Å². The molecule has 0 radical (unpaired) electrons. The van der Waals surface area contributed by atoms with Crippen LogP contribution >= 0.6 is 0 Å². The van der Waals surface area contributed by atoms with Crippen LogP contribution in [0.4, 0.5) is 0 Å². The van der Waals surface area contributed by atoms with Crippen molar-refractivity contribution in [1.29, 1.82) is 0 Å². The van der Waals surface area contributed by atoms with Gasteiger partial charge in [-0.25, -0.2) is 0 Å². The molecule has 1 unspecified atom stereocenters. The lowest BCUT2D eigenvalue weighted by Gasteiger charge is -2.04. The fourth-order valence-corrected chi connectivity index (χ4v) is 1.09. The summed E-state index contributed by atoms with van der Waals surface area (Å²) in [6.07, 6.45) is 1.50. The lowest BCUT2D eigenvalue weighted by molar-refractivity contribution is -0.0711. The molecule has 0 N–H and O–H groups in total. The highest BCUT2D eigenvalue weighted by molar-refractivity contribution is 5.00. The Hall–Kier alpha value is -0.800. The van der Waals surface area contributed by atoms with Crippen molar-refractivity contribution in [3.05, 3.63) is 24.2 Å².